The van der Waals surface area contributed by atoms with E-state index in [4.69, 9.17) is 9.72 Å². The van der Waals surface area contributed by atoms with Crippen molar-refractivity contribution in [3.63, 3.8) is 0 Å². The van der Waals surface area contributed by atoms with Crippen molar-refractivity contribution in [2.24, 2.45) is 0 Å². The van der Waals surface area contributed by atoms with Crippen LogP contribution >= 0.6 is 0 Å². The van der Waals surface area contributed by atoms with E-state index in [1.807, 2.05) is 37.3 Å². The average molecular weight is 374 g/mol. The minimum atomic E-state index is 0.255. The second-order valence-corrected chi connectivity index (χ2v) is 7.23. The lowest BCUT2D eigenvalue weighted by Crippen LogP contribution is -2.15. The highest BCUT2D eigenvalue weighted by atomic mass is 16.5. The standard InChI is InChI=1S/C24H26N2O2/c1-2-28-23-10-6-5-9-21(23)18-15-22(17-11-13-20(27)14-12-17)26-24(16-18)25-19-7-3-4-8-19/h5-6,9-16,19,27H,2-4,7-8H2,1H3,(H,25,26). The fourth-order valence-corrected chi connectivity index (χ4v) is 3.81. The number of nitrogens with zero attached hydrogens (tertiary/aromatic N) is 1. The third-order valence-corrected chi connectivity index (χ3v) is 5.19. The van der Waals surface area contributed by atoms with Crippen LogP contribution in [0.5, 0.6) is 11.5 Å². The van der Waals surface area contributed by atoms with Crippen LogP contribution in [0, 0.1) is 0 Å². The summed E-state index contributed by atoms with van der Waals surface area (Å²) in [5, 5.41) is 13.2. The maximum absolute atomic E-state index is 9.63. The summed E-state index contributed by atoms with van der Waals surface area (Å²) in [5.41, 5.74) is 3.98. The van der Waals surface area contributed by atoms with E-state index in [1.54, 1.807) is 12.1 Å². The van der Waals surface area contributed by atoms with E-state index in [0.29, 0.717) is 12.6 Å². The van der Waals surface area contributed by atoms with Gasteiger partial charge in [-0.25, -0.2) is 4.98 Å². The number of phenolic OH excluding ortho intramolecular Hbond substituents is 1. The SMILES string of the molecule is CCOc1ccccc1-c1cc(NC2CCCC2)nc(-c2ccc(O)cc2)c1. The molecule has 0 bridgehead atoms. The Hall–Kier alpha value is -3.01. The highest BCUT2D eigenvalue weighted by molar-refractivity contribution is 5.77. The van der Waals surface area contributed by atoms with E-state index in [-0.39, 0.29) is 5.75 Å². The summed E-state index contributed by atoms with van der Waals surface area (Å²) in [6.07, 6.45) is 4.93. The molecule has 0 amide bonds. The van der Waals surface area contributed by atoms with Gasteiger partial charge in [0.25, 0.3) is 0 Å². The van der Waals surface area contributed by atoms with Gasteiger partial charge in [-0.05, 0) is 67.8 Å². The lowest BCUT2D eigenvalue weighted by molar-refractivity contribution is 0.341. The van der Waals surface area contributed by atoms with Gasteiger partial charge >= 0.3 is 0 Å². The Morgan fingerprint density at radius 2 is 1.75 bits per heavy atom. The molecule has 0 aliphatic heterocycles. The van der Waals surface area contributed by atoms with E-state index >= 15 is 0 Å². The van der Waals surface area contributed by atoms with Gasteiger partial charge in [0, 0.05) is 17.2 Å². The third kappa shape index (κ3) is 4.11. The maximum atomic E-state index is 9.63. The number of pyridine rings is 1. The van der Waals surface area contributed by atoms with E-state index in [0.717, 1.165) is 34.0 Å². The lowest BCUT2D eigenvalue weighted by Gasteiger charge is -2.17. The van der Waals surface area contributed by atoms with Gasteiger partial charge in [0.1, 0.15) is 17.3 Å². The molecule has 1 aromatic heterocycles. The number of aromatic nitrogens is 1. The third-order valence-electron chi connectivity index (χ3n) is 5.19. The van der Waals surface area contributed by atoms with Gasteiger partial charge in [0.05, 0.1) is 12.3 Å². The smallest absolute Gasteiger partial charge is 0.127 e. The summed E-state index contributed by atoms with van der Waals surface area (Å²) in [4.78, 5) is 4.86. The predicted molar refractivity (Wildman–Crippen MR) is 114 cm³/mol. The summed E-state index contributed by atoms with van der Waals surface area (Å²) in [7, 11) is 0. The molecular weight excluding hydrogens is 348 g/mol. The van der Waals surface area contributed by atoms with Crippen LogP contribution < -0.4 is 10.1 Å². The monoisotopic (exact) mass is 374 g/mol. The average Bonchev–Trinajstić information content (AvgIpc) is 3.22. The quantitative estimate of drug-likeness (QED) is 0.566. The van der Waals surface area contributed by atoms with Crippen LogP contribution in [0.1, 0.15) is 32.6 Å². The van der Waals surface area contributed by atoms with Crippen molar-refractivity contribution in [1.29, 1.82) is 0 Å². The molecule has 0 atom stereocenters. The van der Waals surface area contributed by atoms with Crippen molar-refractivity contribution in [3.8, 4) is 33.9 Å². The molecule has 144 valence electrons. The van der Waals surface area contributed by atoms with Gasteiger partial charge in [0.2, 0.25) is 0 Å². The number of aromatic hydroxyl groups is 1. The summed E-state index contributed by atoms with van der Waals surface area (Å²) in [5.74, 6) is 2.02. The molecule has 1 saturated carbocycles. The van der Waals surface area contributed by atoms with E-state index < -0.39 is 0 Å². The highest BCUT2D eigenvalue weighted by Gasteiger charge is 2.17. The van der Waals surface area contributed by atoms with Gasteiger partial charge < -0.3 is 15.2 Å². The van der Waals surface area contributed by atoms with Crippen LogP contribution in [-0.2, 0) is 0 Å². The van der Waals surface area contributed by atoms with Gasteiger partial charge in [-0.15, -0.1) is 0 Å². The molecule has 0 radical (unpaired) electrons. The zero-order valence-corrected chi connectivity index (χ0v) is 16.2. The Kier molecular flexibility index (Phi) is 5.47. The number of nitrogens with one attached hydrogen (secondary N) is 1. The number of hydrogen-bond donors (Lipinski definition) is 2. The van der Waals surface area contributed by atoms with E-state index in [1.165, 1.54) is 25.7 Å². The van der Waals surface area contributed by atoms with E-state index in [9.17, 15) is 5.11 Å². The summed E-state index contributed by atoms with van der Waals surface area (Å²) in [6, 6.07) is 20.0. The summed E-state index contributed by atoms with van der Waals surface area (Å²) >= 11 is 0. The van der Waals surface area contributed by atoms with E-state index in [2.05, 4.69) is 23.5 Å². The van der Waals surface area contributed by atoms with Crippen LogP contribution in [-0.4, -0.2) is 22.7 Å². The van der Waals surface area contributed by atoms with Crippen LogP contribution in [0.2, 0.25) is 0 Å². The number of ether oxygens (including phenoxy) is 1. The first kappa shape index (κ1) is 18.4. The Balaban J connectivity index is 1.78. The number of rotatable bonds is 6. The minimum absolute atomic E-state index is 0.255. The number of anilines is 1. The van der Waals surface area contributed by atoms with Gasteiger partial charge in [0.15, 0.2) is 0 Å². The zero-order chi connectivity index (χ0) is 19.3. The number of hydrogen-bond acceptors (Lipinski definition) is 4. The van der Waals surface area contributed by atoms with Gasteiger partial charge in [-0.2, -0.15) is 0 Å². The topological polar surface area (TPSA) is 54.4 Å². The molecule has 2 N–H and O–H groups in total. The second-order valence-electron chi connectivity index (χ2n) is 7.23. The predicted octanol–water partition coefficient (Wildman–Crippen LogP) is 5.87. The molecule has 0 spiro atoms. The van der Waals surface area contributed by atoms with Crippen molar-refractivity contribution in [2.75, 3.05) is 11.9 Å². The van der Waals surface area contributed by atoms with Crippen LogP contribution in [0.15, 0.2) is 60.7 Å². The first-order chi connectivity index (χ1) is 13.7. The molecule has 0 saturated heterocycles. The minimum Gasteiger partial charge on any atom is -0.508 e. The van der Waals surface area contributed by atoms with Crippen molar-refractivity contribution in [3.05, 3.63) is 60.7 Å². The molecule has 4 nitrogen and oxygen atoms in total. The fourth-order valence-electron chi connectivity index (χ4n) is 3.81. The zero-order valence-electron chi connectivity index (χ0n) is 16.2. The molecule has 28 heavy (non-hydrogen) atoms. The Bertz CT molecular complexity index is 932. The Morgan fingerprint density at radius 3 is 2.50 bits per heavy atom. The van der Waals surface area contributed by atoms with Crippen LogP contribution in [0.3, 0.4) is 0 Å². The Morgan fingerprint density at radius 1 is 1.00 bits per heavy atom. The molecule has 2 aromatic carbocycles. The molecule has 4 heteroatoms. The molecule has 4 rings (SSSR count). The maximum Gasteiger partial charge on any atom is 0.127 e. The van der Waals surface area contributed by atoms with Crippen LogP contribution in [0.4, 0.5) is 5.82 Å². The Labute approximate surface area is 166 Å². The molecule has 1 aliphatic carbocycles. The molecule has 0 unspecified atom stereocenters. The van der Waals surface area contributed by atoms with Crippen molar-refractivity contribution >= 4 is 5.82 Å². The molecular formula is C24H26N2O2. The largest absolute Gasteiger partial charge is 0.508 e. The summed E-state index contributed by atoms with van der Waals surface area (Å²) < 4.78 is 5.85. The number of phenols is 1. The fraction of sp³-hybridized carbons (Fsp3) is 0.292. The molecule has 3 aromatic rings. The first-order valence-electron chi connectivity index (χ1n) is 10.0. The molecule has 1 aliphatic rings. The summed E-state index contributed by atoms with van der Waals surface area (Å²) in [6.45, 7) is 2.62. The van der Waals surface area contributed by atoms with Gasteiger partial charge in [-0.1, -0.05) is 31.0 Å². The molecule has 1 heterocycles. The highest BCUT2D eigenvalue weighted by Crippen LogP contribution is 2.34. The van der Waals surface area contributed by atoms with Crippen molar-refractivity contribution < 1.29 is 9.84 Å². The normalized spacial score (nSPS) is 14.2. The van der Waals surface area contributed by atoms with Gasteiger partial charge in [-0.3, -0.25) is 0 Å². The lowest BCUT2D eigenvalue weighted by atomic mass is 10.0. The number of benzene rings is 2. The second kappa shape index (κ2) is 8.34. The van der Waals surface area contributed by atoms with Crippen LogP contribution in [0.25, 0.3) is 22.4 Å². The van der Waals surface area contributed by atoms with Crippen molar-refractivity contribution in [1.82, 2.24) is 4.98 Å². The first-order valence-corrected chi connectivity index (χ1v) is 10.0. The number of para-hydroxylation sites is 1. The van der Waals surface area contributed by atoms with Crippen molar-refractivity contribution in [2.45, 2.75) is 38.6 Å². The molecule has 1 fully saturated rings.